The lowest BCUT2D eigenvalue weighted by molar-refractivity contribution is -0.137. The molecule has 0 saturated heterocycles. The van der Waals surface area contributed by atoms with Crippen LogP contribution in [0, 0.1) is 0 Å². The van der Waals surface area contributed by atoms with Gasteiger partial charge in [0, 0.05) is 5.69 Å². The van der Waals surface area contributed by atoms with E-state index in [2.05, 4.69) is 43.4 Å². The largest absolute Gasteiger partial charge is 0.416 e. The third-order valence-corrected chi connectivity index (χ3v) is 4.19. The van der Waals surface area contributed by atoms with Crippen molar-refractivity contribution in [2.75, 3.05) is 5.32 Å². The first kappa shape index (κ1) is 14.9. The molecule has 0 amide bonds. The van der Waals surface area contributed by atoms with Gasteiger partial charge in [0.1, 0.15) is 0 Å². The SMILES string of the molecule is CC(C)c1ccc(C2Cc3cc(C(F)(F)F)ccc3N2)cc1. The average molecular weight is 305 g/mol. The van der Waals surface area contributed by atoms with Gasteiger partial charge in [-0.3, -0.25) is 0 Å². The summed E-state index contributed by atoms with van der Waals surface area (Å²) in [5.74, 6) is 0.470. The van der Waals surface area contributed by atoms with E-state index in [1.54, 1.807) is 0 Å². The summed E-state index contributed by atoms with van der Waals surface area (Å²) in [5.41, 5.74) is 3.32. The Morgan fingerprint density at radius 1 is 1.05 bits per heavy atom. The summed E-state index contributed by atoms with van der Waals surface area (Å²) in [5, 5.41) is 3.31. The molecule has 0 bridgehead atoms. The number of alkyl halides is 3. The molecular weight excluding hydrogens is 287 g/mol. The van der Waals surface area contributed by atoms with Crippen LogP contribution in [0.5, 0.6) is 0 Å². The first-order chi connectivity index (χ1) is 10.3. The van der Waals surface area contributed by atoms with Gasteiger partial charge in [0.05, 0.1) is 11.6 Å². The van der Waals surface area contributed by atoms with Crippen LogP contribution in [0.1, 0.15) is 48.1 Å². The fraction of sp³-hybridized carbons (Fsp3) is 0.333. The predicted molar refractivity (Wildman–Crippen MR) is 82.0 cm³/mol. The van der Waals surface area contributed by atoms with Gasteiger partial charge in [-0.15, -0.1) is 0 Å². The van der Waals surface area contributed by atoms with Crippen molar-refractivity contribution in [1.29, 1.82) is 0 Å². The molecule has 1 nitrogen and oxygen atoms in total. The third-order valence-electron chi connectivity index (χ3n) is 4.19. The van der Waals surface area contributed by atoms with Crippen LogP contribution in [-0.2, 0) is 12.6 Å². The minimum absolute atomic E-state index is 0.0414. The molecule has 0 radical (unpaired) electrons. The fourth-order valence-electron chi connectivity index (χ4n) is 2.85. The van der Waals surface area contributed by atoms with Crippen LogP contribution in [0.2, 0.25) is 0 Å². The lowest BCUT2D eigenvalue weighted by atomic mass is 9.97. The van der Waals surface area contributed by atoms with Crippen molar-refractivity contribution in [3.63, 3.8) is 0 Å². The smallest absolute Gasteiger partial charge is 0.378 e. The molecule has 0 fully saturated rings. The summed E-state index contributed by atoms with van der Waals surface area (Å²) in [4.78, 5) is 0. The zero-order valence-corrected chi connectivity index (χ0v) is 12.5. The number of rotatable bonds is 2. The lowest BCUT2D eigenvalue weighted by Crippen LogP contribution is -2.05. The number of benzene rings is 2. The van der Waals surface area contributed by atoms with Gasteiger partial charge >= 0.3 is 6.18 Å². The maximum absolute atomic E-state index is 12.8. The summed E-state index contributed by atoms with van der Waals surface area (Å²) >= 11 is 0. The normalized spacial score (nSPS) is 17.5. The Balaban J connectivity index is 1.82. The van der Waals surface area contributed by atoms with Crippen molar-refractivity contribution < 1.29 is 13.2 Å². The quantitative estimate of drug-likeness (QED) is 0.768. The van der Waals surface area contributed by atoms with E-state index in [4.69, 9.17) is 0 Å². The topological polar surface area (TPSA) is 12.0 Å². The van der Waals surface area contributed by atoms with Crippen LogP contribution >= 0.6 is 0 Å². The van der Waals surface area contributed by atoms with Crippen molar-refractivity contribution >= 4 is 5.69 Å². The molecule has 2 aromatic carbocycles. The van der Waals surface area contributed by atoms with E-state index < -0.39 is 11.7 Å². The monoisotopic (exact) mass is 305 g/mol. The minimum atomic E-state index is -4.29. The van der Waals surface area contributed by atoms with Gasteiger partial charge in [0.15, 0.2) is 0 Å². The minimum Gasteiger partial charge on any atom is -0.378 e. The van der Waals surface area contributed by atoms with Crippen LogP contribution in [0.4, 0.5) is 18.9 Å². The molecule has 0 spiro atoms. The van der Waals surface area contributed by atoms with Crippen LogP contribution < -0.4 is 5.32 Å². The highest BCUT2D eigenvalue weighted by Crippen LogP contribution is 2.38. The summed E-state index contributed by atoms with van der Waals surface area (Å²) < 4.78 is 38.3. The molecule has 1 atom stereocenters. The van der Waals surface area contributed by atoms with Crippen LogP contribution in [0.25, 0.3) is 0 Å². The van der Waals surface area contributed by atoms with Gasteiger partial charge in [-0.1, -0.05) is 38.1 Å². The second-order valence-corrected chi connectivity index (χ2v) is 6.09. The average Bonchev–Trinajstić information content (AvgIpc) is 2.89. The zero-order valence-electron chi connectivity index (χ0n) is 12.5. The summed E-state index contributed by atoms with van der Waals surface area (Å²) in [7, 11) is 0. The highest BCUT2D eigenvalue weighted by molar-refractivity contribution is 5.59. The molecule has 116 valence electrons. The highest BCUT2D eigenvalue weighted by atomic mass is 19.4. The molecule has 0 aromatic heterocycles. The molecule has 1 N–H and O–H groups in total. The lowest BCUT2D eigenvalue weighted by Gasteiger charge is -2.13. The Bertz CT molecular complexity index is 672. The van der Waals surface area contributed by atoms with Gasteiger partial charge in [0.2, 0.25) is 0 Å². The summed E-state index contributed by atoms with van der Waals surface area (Å²) in [6, 6.07) is 12.3. The molecule has 22 heavy (non-hydrogen) atoms. The number of anilines is 1. The first-order valence-electron chi connectivity index (χ1n) is 7.41. The predicted octanol–water partition coefficient (Wildman–Crippen LogP) is 5.54. The second kappa shape index (κ2) is 5.34. The first-order valence-corrected chi connectivity index (χ1v) is 7.41. The second-order valence-electron chi connectivity index (χ2n) is 6.09. The van der Waals surface area contributed by atoms with Gasteiger partial charge < -0.3 is 5.32 Å². The van der Waals surface area contributed by atoms with Crippen molar-refractivity contribution in [2.45, 2.75) is 38.4 Å². The maximum atomic E-state index is 12.8. The van der Waals surface area contributed by atoms with Crippen LogP contribution in [-0.4, -0.2) is 0 Å². The van der Waals surface area contributed by atoms with Crippen molar-refractivity contribution in [3.8, 4) is 0 Å². The van der Waals surface area contributed by atoms with Crippen LogP contribution in [0.3, 0.4) is 0 Å². The van der Waals surface area contributed by atoms with E-state index in [1.165, 1.54) is 17.7 Å². The maximum Gasteiger partial charge on any atom is 0.416 e. The number of hydrogen-bond acceptors (Lipinski definition) is 1. The number of nitrogens with one attached hydrogen (secondary N) is 1. The van der Waals surface area contributed by atoms with Gasteiger partial charge in [-0.25, -0.2) is 0 Å². The van der Waals surface area contributed by atoms with E-state index in [0.717, 1.165) is 22.9 Å². The number of halogens is 3. The molecule has 1 unspecified atom stereocenters. The number of hydrogen-bond donors (Lipinski definition) is 1. The Morgan fingerprint density at radius 2 is 1.73 bits per heavy atom. The molecule has 4 heteroatoms. The van der Waals surface area contributed by atoms with E-state index in [9.17, 15) is 13.2 Å². The molecule has 1 aliphatic heterocycles. The van der Waals surface area contributed by atoms with E-state index in [0.29, 0.717) is 12.3 Å². The van der Waals surface area contributed by atoms with Gasteiger partial charge in [0.25, 0.3) is 0 Å². The molecular formula is C18H18F3N. The molecule has 0 aliphatic carbocycles. The van der Waals surface area contributed by atoms with Gasteiger partial charge in [-0.05, 0) is 47.2 Å². The number of fused-ring (bicyclic) bond motifs is 1. The van der Waals surface area contributed by atoms with E-state index >= 15 is 0 Å². The standard InChI is InChI=1S/C18H18F3N/c1-11(2)12-3-5-13(6-4-12)17-10-14-9-15(18(19,20)21)7-8-16(14)22-17/h3-9,11,17,22H,10H2,1-2H3. The summed E-state index contributed by atoms with van der Waals surface area (Å²) in [6.45, 7) is 4.27. The third kappa shape index (κ3) is 2.82. The fourth-order valence-corrected chi connectivity index (χ4v) is 2.85. The van der Waals surface area contributed by atoms with E-state index in [-0.39, 0.29) is 6.04 Å². The zero-order chi connectivity index (χ0) is 15.9. The molecule has 2 aromatic rings. The Kier molecular flexibility index (Phi) is 3.63. The van der Waals surface area contributed by atoms with E-state index in [1.807, 2.05) is 0 Å². The summed E-state index contributed by atoms with van der Waals surface area (Å²) in [6.07, 6.45) is -3.70. The Hall–Kier alpha value is -1.97. The van der Waals surface area contributed by atoms with Crippen LogP contribution in [0.15, 0.2) is 42.5 Å². The molecule has 0 saturated carbocycles. The van der Waals surface area contributed by atoms with Gasteiger partial charge in [-0.2, -0.15) is 13.2 Å². The van der Waals surface area contributed by atoms with Crippen molar-refractivity contribution in [2.24, 2.45) is 0 Å². The Morgan fingerprint density at radius 3 is 2.32 bits per heavy atom. The van der Waals surface area contributed by atoms with Crippen molar-refractivity contribution in [3.05, 3.63) is 64.7 Å². The molecule has 3 rings (SSSR count). The molecule has 1 heterocycles. The highest BCUT2D eigenvalue weighted by Gasteiger charge is 2.32. The molecule has 1 aliphatic rings. The Labute approximate surface area is 128 Å². The van der Waals surface area contributed by atoms with Crippen molar-refractivity contribution in [1.82, 2.24) is 0 Å².